The van der Waals surface area contributed by atoms with Crippen molar-refractivity contribution < 1.29 is 0 Å². The first-order chi connectivity index (χ1) is 9.43. The second-order valence-corrected chi connectivity index (χ2v) is 8.90. The quantitative estimate of drug-likeness (QED) is 0.831. The average Bonchev–Trinajstić information content (AvgIpc) is 2.91. The zero-order valence-electron chi connectivity index (χ0n) is 14.0. The lowest BCUT2D eigenvalue weighted by molar-refractivity contribution is 0.125. The van der Waals surface area contributed by atoms with Gasteiger partial charge < -0.3 is 5.32 Å². The number of hydrogen-bond acceptors (Lipinski definition) is 2. The topological polar surface area (TPSA) is 15.3 Å². The maximum absolute atomic E-state index is 3.80. The lowest BCUT2D eigenvalue weighted by Gasteiger charge is -2.37. The summed E-state index contributed by atoms with van der Waals surface area (Å²) in [6, 6.07) is 1.40. The van der Waals surface area contributed by atoms with Crippen LogP contribution in [0.5, 0.6) is 0 Å². The lowest BCUT2D eigenvalue weighted by Crippen LogP contribution is -2.48. The van der Waals surface area contributed by atoms with Crippen molar-refractivity contribution in [1.82, 2.24) is 10.2 Å². The molecular formula is C18H34N2. The maximum atomic E-state index is 3.80. The number of nitrogens with one attached hydrogen (secondary N) is 1. The predicted octanol–water partition coefficient (Wildman–Crippen LogP) is 3.52. The van der Waals surface area contributed by atoms with Crippen molar-refractivity contribution in [1.29, 1.82) is 0 Å². The lowest BCUT2D eigenvalue weighted by atomic mass is 9.85. The standard InChI is InChI=1S/C18H34N2/c1-13-7-8-19-17(18(2,3)4)12-20(13)11-16-10-14-5-6-15(16)9-14/h13-17,19H,5-12H2,1-4H3. The minimum atomic E-state index is 0.372. The first-order valence-electron chi connectivity index (χ1n) is 8.91. The molecule has 0 spiro atoms. The molecule has 2 bridgehead atoms. The summed E-state index contributed by atoms with van der Waals surface area (Å²) in [6.45, 7) is 13.4. The van der Waals surface area contributed by atoms with Crippen LogP contribution in [0.25, 0.3) is 0 Å². The second-order valence-electron chi connectivity index (χ2n) is 8.90. The van der Waals surface area contributed by atoms with E-state index < -0.39 is 0 Å². The third-order valence-corrected chi connectivity index (χ3v) is 6.39. The molecule has 2 saturated carbocycles. The van der Waals surface area contributed by atoms with Crippen LogP contribution >= 0.6 is 0 Å². The molecule has 116 valence electrons. The average molecular weight is 278 g/mol. The van der Waals surface area contributed by atoms with Gasteiger partial charge in [0.25, 0.3) is 0 Å². The summed E-state index contributed by atoms with van der Waals surface area (Å²) in [4.78, 5) is 2.82. The summed E-state index contributed by atoms with van der Waals surface area (Å²) in [5.41, 5.74) is 0.372. The molecule has 1 saturated heterocycles. The molecule has 0 aromatic rings. The molecule has 20 heavy (non-hydrogen) atoms. The van der Waals surface area contributed by atoms with Gasteiger partial charge in [0, 0.05) is 25.2 Å². The molecule has 3 fully saturated rings. The molecule has 1 N–H and O–H groups in total. The number of fused-ring (bicyclic) bond motifs is 2. The van der Waals surface area contributed by atoms with Gasteiger partial charge in [0.05, 0.1) is 0 Å². The van der Waals surface area contributed by atoms with Gasteiger partial charge in [-0.15, -0.1) is 0 Å². The van der Waals surface area contributed by atoms with Crippen LogP contribution in [0, 0.1) is 23.2 Å². The third-order valence-electron chi connectivity index (χ3n) is 6.39. The van der Waals surface area contributed by atoms with Crippen LogP contribution in [0.1, 0.15) is 59.8 Å². The molecule has 5 atom stereocenters. The van der Waals surface area contributed by atoms with E-state index in [0.717, 1.165) is 23.8 Å². The number of nitrogens with zero attached hydrogens (tertiary/aromatic N) is 1. The highest BCUT2D eigenvalue weighted by Crippen LogP contribution is 2.48. The van der Waals surface area contributed by atoms with E-state index in [0.29, 0.717) is 11.5 Å². The second kappa shape index (κ2) is 5.61. The van der Waals surface area contributed by atoms with E-state index in [-0.39, 0.29) is 0 Å². The molecule has 3 aliphatic rings. The summed E-state index contributed by atoms with van der Waals surface area (Å²) >= 11 is 0. The largest absolute Gasteiger partial charge is 0.312 e. The highest BCUT2D eigenvalue weighted by atomic mass is 15.2. The van der Waals surface area contributed by atoms with Crippen LogP contribution < -0.4 is 5.32 Å². The van der Waals surface area contributed by atoms with Gasteiger partial charge in [-0.1, -0.05) is 27.2 Å². The summed E-state index contributed by atoms with van der Waals surface area (Å²) in [7, 11) is 0. The molecule has 2 nitrogen and oxygen atoms in total. The smallest absolute Gasteiger partial charge is 0.0243 e. The zero-order valence-corrected chi connectivity index (χ0v) is 14.0. The maximum Gasteiger partial charge on any atom is 0.0243 e. The Hall–Kier alpha value is -0.0800. The van der Waals surface area contributed by atoms with Crippen molar-refractivity contribution in [3.05, 3.63) is 0 Å². The van der Waals surface area contributed by atoms with E-state index in [2.05, 4.69) is 37.9 Å². The monoisotopic (exact) mass is 278 g/mol. The van der Waals surface area contributed by atoms with E-state index in [1.165, 1.54) is 45.3 Å². The van der Waals surface area contributed by atoms with Gasteiger partial charge in [-0.25, -0.2) is 0 Å². The van der Waals surface area contributed by atoms with Crippen molar-refractivity contribution in [3.63, 3.8) is 0 Å². The fraction of sp³-hybridized carbons (Fsp3) is 1.00. The van der Waals surface area contributed by atoms with Crippen LogP contribution in [0.3, 0.4) is 0 Å². The summed E-state index contributed by atoms with van der Waals surface area (Å²) in [6.07, 6.45) is 7.45. The first kappa shape index (κ1) is 14.8. The van der Waals surface area contributed by atoms with Crippen LogP contribution in [0.15, 0.2) is 0 Å². The van der Waals surface area contributed by atoms with Gasteiger partial charge in [0.15, 0.2) is 0 Å². The van der Waals surface area contributed by atoms with E-state index in [9.17, 15) is 0 Å². The molecule has 5 unspecified atom stereocenters. The number of hydrogen-bond donors (Lipinski definition) is 1. The van der Waals surface area contributed by atoms with Gasteiger partial charge in [-0.05, 0) is 62.3 Å². The molecule has 0 radical (unpaired) electrons. The summed E-state index contributed by atoms with van der Waals surface area (Å²) in [5.74, 6) is 3.16. The van der Waals surface area contributed by atoms with Crippen molar-refractivity contribution in [2.75, 3.05) is 19.6 Å². The van der Waals surface area contributed by atoms with Gasteiger partial charge in [-0.2, -0.15) is 0 Å². The zero-order chi connectivity index (χ0) is 14.3. The minimum Gasteiger partial charge on any atom is -0.312 e. The van der Waals surface area contributed by atoms with Crippen LogP contribution in [0.2, 0.25) is 0 Å². The normalized spacial score (nSPS) is 42.9. The fourth-order valence-electron chi connectivity index (χ4n) is 4.86. The summed E-state index contributed by atoms with van der Waals surface area (Å²) in [5, 5.41) is 3.80. The van der Waals surface area contributed by atoms with E-state index in [4.69, 9.17) is 0 Å². The van der Waals surface area contributed by atoms with E-state index in [1.807, 2.05) is 0 Å². The van der Waals surface area contributed by atoms with Crippen molar-refractivity contribution in [3.8, 4) is 0 Å². The first-order valence-corrected chi connectivity index (χ1v) is 8.91. The minimum absolute atomic E-state index is 0.372. The summed E-state index contributed by atoms with van der Waals surface area (Å²) < 4.78 is 0. The predicted molar refractivity (Wildman–Crippen MR) is 85.8 cm³/mol. The molecular weight excluding hydrogens is 244 g/mol. The number of rotatable bonds is 2. The molecule has 2 aliphatic carbocycles. The van der Waals surface area contributed by atoms with Crippen LogP contribution in [0.4, 0.5) is 0 Å². The Morgan fingerprint density at radius 3 is 2.50 bits per heavy atom. The fourth-order valence-corrected chi connectivity index (χ4v) is 4.86. The highest BCUT2D eigenvalue weighted by molar-refractivity contribution is 4.94. The SMILES string of the molecule is CC1CCNC(C(C)(C)C)CN1CC1CC2CCC1C2. The van der Waals surface area contributed by atoms with Crippen molar-refractivity contribution >= 4 is 0 Å². The van der Waals surface area contributed by atoms with Crippen molar-refractivity contribution in [2.45, 2.75) is 71.9 Å². The molecule has 1 aliphatic heterocycles. The van der Waals surface area contributed by atoms with E-state index >= 15 is 0 Å². The molecule has 0 aromatic carbocycles. The Bertz CT molecular complexity index is 333. The van der Waals surface area contributed by atoms with Crippen molar-refractivity contribution in [2.24, 2.45) is 23.2 Å². The molecule has 0 amide bonds. The van der Waals surface area contributed by atoms with Gasteiger partial charge >= 0.3 is 0 Å². The Labute approximate surface area is 125 Å². The van der Waals surface area contributed by atoms with Gasteiger partial charge in [-0.3, -0.25) is 4.90 Å². The molecule has 3 rings (SSSR count). The molecule has 0 aromatic heterocycles. The Balaban J connectivity index is 1.63. The van der Waals surface area contributed by atoms with Crippen LogP contribution in [-0.4, -0.2) is 36.6 Å². The van der Waals surface area contributed by atoms with Gasteiger partial charge in [0.1, 0.15) is 0 Å². The Morgan fingerprint density at radius 1 is 1.10 bits per heavy atom. The Kier molecular flexibility index (Phi) is 4.16. The Morgan fingerprint density at radius 2 is 1.90 bits per heavy atom. The highest BCUT2D eigenvalue weighted by Gasteiger charge is 2.41. The molecule has 1 heterocycles. The van der Waals surface area contributed by atoms with Gasteiger partial charge in [0.2, 0.25) is 0 Å². The molecule has 2 heteroatoms. The third kappa shape index (κ3) is 3.06. The van der Waals surface area contributed by atoms with E-state index in [1.54, 1.807) is 6.42 Å². The van der Waals surface area contributed by atoms with Crippen LogP contribution in [-0.2, 0) is 0 Å².